The predicted octanol–water partition coefficient (Wildman–Crippen LogP) is 5.25. The third-order valence-electron chi connectivity index (χ3n) is 16.8. The summed E-state index contributed by atoms with van der Waals surface area (Å²) in [5.74, 6) is -1.18. The molecule has 6 bridgehead atoms. The number of carbonyl (C=O) groups is 2. The number of hydrogen-bond donors (Lipinski definition) is 1. The first-order chi connectivity index (χ1) is 47.3. The van der Waals surface area contributed by atoms with E-state index in [-0.39, 0.29) is 101 Å². The van der Waals surface area contributed by atoms with Crippen molar-refractivity contribution in [1.82, 2.24) is 24.9 Å². The maximum absolute atomic E-state index is 8.89. The summed E-state index contributed by atoms with van der Waals surface area (Å²) in [6.45, 7) is 17.4. The fourth-order valence-electron chi connectivity index (χ4n) is 12.2. The van der Waals surface area contributed by atoms with Gasteiger partial charge in [0.2, 0.25) is 22.1 Å². The second kappa shape index (κ2) is 42.8. The van der Waals surface area contributed by atoms with Gasteiger partial charge in [0, 0.05) is 102 Å². The Labute approximate surface area is 651 Å². The van der Waals surface area contributed by atoms with E-state index in [0.717, 1.165) is 110 Å². The standard InChI is InChI=1S/C74H83N7O8.2C2H4O2.Gd.2HI/c1-7-57-58(8-2)62-46-64-60(24-18-30-81-71-27-15-11-21-55(71)44-56-22-12-16-28-72(56)81)52(4)68(79-64)50-76-66-48-74(89-42-40-87-38-36-85-34-32-83-6)73(88-41-39-86-37-35-84-33-31-82-5)47-65(66)75-49-67-51(3)59(63(78-67)45-61(57)77-62)23-17-29-80-69-25-13-9-19-53(69)43-54-20-10-14-26-70(54)80;2*1-2(3)4;;;/h9-16,19-22,25-28,43-50,78H,7-8,17-18,23-24,29-42H2,1-6H3;2*1H3,(H,3,4);;2*1H/q+2;;;+2;;/p-4. The Balaban J connectivity index is 0.00000136. The van der Waals surface area contributed by atoms with Crippen molar-refractivity contribution in [2.24, 2.45) is 0 Å². The van der Waals surface area contributed by atoms with Crippen LogP contribution < -0.4 is 76.8 Å². The fourth-order valence-corrected chi connectivity index (χ4v) is 12.2. The van der Waals surface area contributed by atoms with Gasteiger partial charge in [0.05, 0.1) is 118 Å². The number of benzene rings is 5. The van der Waals surface area contributed by atoms with E-state index >= 15 is 0 Å². The van der Waals surface area contributed by atoms with Gasteiger partial charge in [-0.05, 0) is 135 Å². The van der Waals surface area contributed by atoms with Gasteiger partial charge in [-0.3, -0.25) is 9.97 Å². The summed E-state index contributed by atoms with van der Waals surface area (Å²) in [5, 5.41) is 22.7. The monoisotopic (exact) mass is 1730 g/mol. The number of carboxylic acids is 2. The van der Waals surface area contributed by atoms with Crippen LogP contribution in [0, 0.1) is 46.9 Å². The van der Waals surface area contributed by atoms with Gasteiger partial charge in [-0.1, -0.05) is 62.4 Å². The Morgan fingerprint density at radius 2 is 0.830 bits per heavy atom. The molecule has 22 heteroatoms. The largest absolute Gasteiger partial charge is 2.00 e. The van der Waals surface area contributed by atoms with Crippen LogP contribution in [-0.2, 0) is 57.5 Å². The number of para-hydroxylation sites is 4. The molecule has 11 rings (SSSR count). The van der Waals surface area contributed by atoms with E-state index in [9.17, 15) is 0 Å². The summed E-state index contributed by atoms with van der Waals surface area (Å²) in [5.41, 5.74) is 18.6. The van der Waals surface area contributed by atoms with Gasteiger partial charge in [0.1, 0.15) is 26.3 Å². The van der Waals surface area contributed by atoms with Crippen molar-refractivity contribution in [3.05, 3.63) is 180 Å². The molecule has 0 fully saturated rings. The SMILES string of the molecule is CC(=O)[O-].CC(=O)[O-].CCC1=C(CC)c2cc3[nH]c(cnc4cc(OCCOCCOCCOC)c(OCCOCCOCCOC)cc4ncc4nc(cc1n2)C(CCC[n+]1c2ccccc2cc2ccccc21)=C4C)c(C)c3CCC[n+]1c2ccccc2cc2ccccc21.[Gd+2].[I-].[I-]. The van der Waals surface area contributed by atoms with Crippen molar-refractivity contribution < 1.29 is 155 Å². The number of halogens is 2. The molecule has 0 atom stereocenters. The first-order valence-electron chi connectivity index (χ1n) is 33.3. The maximum atomic E-state index is 8.89. The first kappa shape index (κ1) is 82.4. The molecule has 530 valence electrons. The van der Waals surface area contributed by atoms with Crippen LogP contribution in [0.15, 0.2) is 146 Å². The molecule has 4 aromatic heterocycles. The molecule has 1 N–H and O–H groups in total. The number of carbonyl (C=O) groups excluding carboxylic acids is 2. The van der Waals surface area contributed by atoms with Crippen molar-refractivity contribution >= 4 is 99.9 Å². The minimum atomic E-state index is -1.08. The van der Waals surface area contributed by atoms with E-state index in [0.29, 0.717) is 88.6 Å². The van der Waals surface area contributed by atoms with Gasteiger partial charge in [-0.25, -0.2) is 9.97 Å². The molecule has 9 aromatic rings. The molecular weight excluding hydrogens is 1640 g/mol. The van der Waals surface area contributed by atoms with Crippen molar-refractivity contribution in [3.8, 4) is 11.5 Å². The summed E-state index contributed by atoms with van der Waals surface area (Å²) in [7, 11) is 3.31. The van der Waals surface area contributed by atoms with Gasteiger partial charge in [0.25, 0.3) is 0 Å². The van der Waals surface area contributed by atoms with E-state index in [1.165, 1.54) is 65.9 Å². The molecule has 5 aromatic carbocycles. The number of aryl methyl sites for hydroxylation is 4. The van der Waals surface area contributed by atoms with Crippen molar-refractivity contribution in [2.45, 2.75) is 93.2 Å². The topological polar surface area (TPSA) is 229 Å². The number of aromatic nitrogens is 7. The third-order valence-corrected chi connectivity index (χ3v) is 16.8. The predicted molar refractivity (Wildman–Crippen MR) is 376 cm³/mol. The molecule has 2 aliphatic heterocycles. The molecule has 100 heavy (non-hydrogen) atoms. The van der Waals surface area contributed by atoms with Crippen molar-refractivity contribution in [1.29, 1.82) is 0 Å². The molecular formula is C78H89GdI2N7O12. The number of ether oxygens (including phenoxy) is 8. The molecule has 2 aliphatic rings. The Hall–Kier alpha value is -6.56. The van der Waals surface area contributed by atoms with Crippen LogP contribution >= 0.6 is 0 Å². The van der Waals surface area contributed by atoms with E-state index in [1.807, 2.05) is 24.5 Å². The molecule has 19 nitrogen and oxygen atoms in total. The van der Waals surface area contributed by atoms with E-state index in [4.69, 9.17) is 77.6 Å². The quantitative estimate of drug-likeness (QED) is 0.0263. The van der Waals surface area contributed by atoms with Crippen LogP contribution in [0.3, 0.4) is 0 Å². The number of nitrogens with zero attached hydrogens (tertiary/aromatic N) is 6. The van der Waals surface area contributed by atoms with Crippen LogP contribution in [0.25, 0.3) is 88.0 Å². The Kier molecular flexibility index (Phi) is 35.2. The fraction of sp³-hybridized carbons (Fsp3) is 0.359. The van der Waals surface area contributed by atoms with E-state index in [1.54, 1.807) is 14.2 Å². The number of H-pyrrole nitrogens is 1. The van der Waals surface area contributed by atoms with Crippen LogP contribution in [-0.4, -0.2) is 130 Å². The number of carboxylic acid groups (broad SMARTS) is 2. The molecule has 0 saturated carbocycles. The summed E-state index contributed by atoms with van der Waals surface area (Å²) >= 11 is 0. The number of allylic oxidation sites excluding steroid dienone is 4. The normalized spacial score (nSPS) is 11.7. The van der Waals surface area contributed by atoms with Crippen molar-refractivity contribution in [3.63, 3.8) is 0 Å². The number of rotatable bonds is 30. The second-order valence-electron chi connectivity index (χ2n) is 23.3. The van der Waals surface area contributed by atoms with Gasteiger partial charge in [-0.15, -0.1) is 0 Å². The van der Waals surface area contributed by atoms with E-state index < -0.39 is 11.9 Å². The smallest absolute Gasteiger partial charge is 1.00 e. The zero-order valence-corrected chi connectivity index (χ0v) is 64.8. The average molecular weight is 1730 g/mol. The van der Waals surface area contributed by atoms with Crippen LogP contribution in [0.4, 0.5) is 0 Å². The van der Waals surface area contributed by atoms with Crippen LogP contribution in [0.2, 0.25) is 0 Å². The molecule has 0 saturated heterocycles. The van der Waals surface area contributed by atoms with Crippen LogP contribution in [0.1, 0.15) is 101 Å². The summed E-state index contributed by atoms with van der Waals surface area (Å²) < 4.78 is 51.3. The molecule has 0 amide bonds. The zero-order chi connectivity index (χ0) is 68.5. The van der Waals surface area contributed by atoms with Crippen molar-refractivity contribution in [2.75, 3.05) is 93.5 Å². The van der Waals surface area contributed by atoms with Gasteiger partial charge in [0.15, 0.2) is 11.5 Å². The molecule has 0 radical (unpaired) electrons. The van der Waals surface area contributed by atoms with Gasteiger partial charge >= 0.3 is 39.9 Å². The van der Waals surface area contributed by atoms with Gasteiger partial charge < -0.3 is 111 Å². The Morgan fingerprint density at radius 1 is 0.460 bits per heavy atom. The number of hydrogen-bond acceptors (Lipinski definition) is 16. The number of aromatic amines is 1. The number of methoxy groups -OCH3 is 2. The van der Waals surface area contributed by atoms with Crippen LogP contribution in [0.5, 0.6) is 11.5 Å². The molecule has 0 aliphatic carbocycles. The first-order valence-corrected chi connectivity index (χ1v) is 33.3. The second-order valence-corrected chi connectivity index (χ2v) is 23.3. The van der Waals surface area contributed by atoms with Gasteiger partial charge in [-0.2, -0.15) is 9.13 Å². The summed E-state index contributed by atoms with van der Waals surface area (Å²) in [6, 6.07) is 47.6. The number of fused-ring (bicyclic) bond motifs is 11. The third kappa shape index (κ3) is 22.7. The molecule has 0 unspecified atom stereocenters. The summed E-state index contributed by atoms with van der Waals surface area (Å²) in [4.78, 5) is 43.2. The minimum absolute atomic E-state index is 0. The number of aliphatic carboxylic acids is 2. The molecule has 0 spiro atoms. The van der Waals surface area contributed by atoms with E-state index in [2.05, 4.69) is 163 Å². The maximum Gasteiger partial charge on any atom is 2.00 e. The number of pyridine rings is 2. The average Bonchev–Trinajstić information content (AvgIpc) is 0.912. The summed E-state index contributed by atoms with van der Waals surface area (Å²) in [6.07, 6.45) is 8.84. The zero-order valence-electron chi connectivity index (χ0n) is 58.2. The molecule has 6 heterocycles. The number of nitrogens with one attached hydrogen (secondary N) is 1. The Bertz CT molecular complexity index is 4370. The Morgan fingerprint density at radius 3 is 1.26 bits per heavy atom. The minimum Gasteiger partial charge on any atom is -1.00 e.